The summed E-state index contributed by atoms with van der Waals surface area (Å²) in [4.78, 5) is 31.6. The van der Waals surface area contributed by atoms with Crippen LogP contribution in [0.25, 0.3) is 0 Å². The van der Waals surface area contributed by atoms with Gasteiger partial charge < -0.3 is 14.2 Å². The van der Waals surface area contributed by atoms with Gasteiger partial charge >= 0.3 is 12.1 Å². The highest BCUT2D eigenvalue weighted by atomic mass is 16.6. The van der Waals surface area contributed by atoms with Gasteiger partial charge in [-0.1, -0.05) is 31.9 Å². The third-order valence-corrected chi connectivity index (χ3v) is 5.76. The van der Waals surface area contributed by atoms with Gasteiger partial charge in [0.2, 0.25) is 0 Å². The summed E-state index contributed by atoms with van der Waals surface area (Å²) in [6.07, 6.45) is 4.89. The number of carbonyl (C=O) groups is 2. The first-order valence-corrected chi connectivity index (χ1v) is 11.4. The van der Waals surface area contributed by atoms with Crippen LogP contribution in [0.15, 0.2) is 36.5 Å². The predicted molar refractivity (Wildman–Crippen MR) is 126 cm³/mol. The third kappa shape index (κ3) is 5.64. The molecule has 33 heavy (non-hydrogen) atoms. The second-order valence-electron chi connectivity index (χ2n) is 9.32. The highest BCUT2D eigenvalue weighted by molar-refractivity contribution is 5.87. The normalized spacial score (nSPS) is 17.8. The number of fused-ring (bicyclic) bond motifs is 1. The van der Waals surface area contributed by atoms with Crippen molar-refractivity contribution < 1.29 is 23.8 Å². The SMILES string of the molecule is CCCC[C@H]1Cc2cc(OC)ccc2[C@H](c2ccc(C(=O)OC)nc2)N1C(=O)OC(C)(C)C. The van der Waals surface area contributed by atoms with Crippen LogP contribution in [0.4, 0.5) is 4.79 Å². The van der Waals surface area contributed by atoms with E-state index in [-0.39, 0.29) is 17.8 Å². The minimum Gasteiger partial charge on any atom is -0.497 e. The zero-order valence-corrected chi connectivity index (χ0v) is 20.4. The lowest BCUT2D eigenvalue weighted by atomic mass is 9.83. The molecule has 3 rings (SSSR count). The molecule has 1 aromatic carbocycles. The number of nitrogens with zero attached hydrogens (tertiary/aromatic N) is 2. The molecule has 1 aliphatic heterocycles. The summed E-state index contributed by atoms with van der Waals surface area (Å²) in [5, 5.41) is 0. The fourth-order valence-electron chi connectivity index (χ4n) is 4.25. The Morgan fingerprint density at radius 3 is 2.48 bits per heavy atom. The molecule has 0 saturated heterocycles. The zero-order chi connectivity index (χ0) is 24.2. The van der Waals surface area contributed by atoms with E-state index in [0.717, 1.165) is 48.1 Å². The van der Waals surface area contributed by atoms with Crippen LogP contribution in [0.5, 0.6) is 5.75 Å². The lowest BCUT2D eigenvalue weighted by Crippen LogP contribution is -2.49. The molecule has 2 heterocycles. The summed E-state index contributed by atoms with van der Waals surface area (Å²) in [6, 6.07) is 8.98. The number of hydrogen-bond acceptors (Lipinski definition) is 6. The lowest BCUT2D eigenvalue weighted by Gasteiger charge is -2.44. The van der Waals surface area contributed by atoms with Crippen molar-refractivity contribution in [1.82, 2.24) is 9.88 Å². The Labute approximate surface area is 196 Å². The van der Waals surface area contributed by atoms with E-state index >= 15 is 0 Å². The molecule has 0 fully saturated rings. The standard InChI is InChI=1S/C26H34N2O5/c1-7-8-9-19-14-18-15-20(31-5)11-12-21(18)23(28(19)25(30)33-26(2,3)4)17-10-13-22(27-16-17)24(29)32-6/h10-13,15-16,19,23H,7-9,14H2,1-6H3/t19-,23-/m0/s1. The van der Waals surface area contributed by atoms with E-state index in [1.165, 1.54) is 7.11 Å². The maximum absolute atomic E-state index is 13.5. The van der Waals surface area contributed by atoms with E-state index in [0.29, 0.717) is 0 Å². The van der Waals surface area contributed by atoms with Gasteiger partial charge in [-0.3, -0.25) is 4.90 Å². The number of benzene rings is 1. The molecule has 178 valence electrons. The van der Waals surface area contributed by atoms with Gasteiger partial charge in [0, 0.05) is 12.2 Å². The molecule has 1 aliphatic rings. The summed E-state index contributed by atoms with van der Waals surface area (Å²) < 4.78 is 16.1. The molecule has 0 saturated carbocycles. The van der Waals surface area contributed by atoms with Crippen molar-refractivity contribution in [2.24, 2.45) is 0 Å². The fraction of sp³-hybridized carbons (Fsp3) is 0.500. The minimum absolute atomic E-state index is 0.0373. The monoisotopic (exact) mass is 454 g/mol. The van der Waals surface area contributed by atoms with Gasteiger partial charge in [0.05, 0.1) is 20.3 Å². The quantitative estimate of drug-likeness (QED) is 0.550. The Kier molecular flexibility index (Phi) is 7.61. The Balaban J connectivity index is 2.13. The van der Waals surface area contributed by atoms with Crippen LogP contribution in [0.3, 0.4) is 0 Å². The van der Waals surface area contributed by atoms with Crippen molar-refractivity contribution in [1.29, 1.82) is 0 Å². The summed E-state index contributed by atoms with van der Waals surface area (Å²) in [6.45, 7) is 7.76. The van der Waals surface area contributed by atoms with Crippen molar-refractivity contribution in [3.63, 3.8) is 0 Å². The molecule has 0 aliphatic carbocycles. The van der Waals surface area contributed by atoms with Gasteiger partial charge in [0.1, 0.15) is 17.0 Å². The second-order valence-corrected chi connectivity index (χ2v) is 9.32. The van der Waals surface area contributed by atoms with Crippen LogP contribution >= 0.6 is 0 Å². The van der Waals surface area contributed by atoms with Crippen molar-refractivity contribution in [3.8, 4) is 5.75 Å². The highest BCUT2D eigenvalue weighted by Crippen LogP contribution is 2.41. The maximum Gasteiger partial charge on any atom is 0.411 e. The Morgan fingerprint density at radius 1 is 1.15 bits per heavy atom. The Hall–Kier alpha value is -3.09. The van der Waals surface area contributed by atoms with Crippen LogP contribution in [-0.4, -0.2) is 47.8 Å². The molecule has 2 aromatic rings. The van der Waals surface area contributed by atoms with Crippen LogP contribution in [0.1, 0.15) is 80.2 Å². The fourth-order valence-corrected chi connectivity index (χ4v) is 4.25. The van der Waals surface area contributed by atoms with Gasteiger partial charge in [0.15, 0.2) is 0 Å². The summed E-state index contributed by atoms with van der Waals surface area (Å²) >= 11 is 0. The molecule has 0 N–H and O–H groups in total. The minimum atomic E-state index is -0.621. The van der Waals surface area contributed by atoms with E-state index in [2.05, 4.69) is 11.9 Å². The number of carbonyl (C=O) groups excluding carboxylic acids is 2. The van der Waals surface area contributed by atoms with E-state index in [1.807, 2.05) is 49.9 Å². The van der Waals surface area contributed by atoms with E-state index in [4.69, 9.17) is 14.2 Å². The van der Waals surface area contributed by atoms with Gasteiger partial charge in [-0.15, -0.1) is 0 Å². The molecule has 0 unspecified atom stereocenters. The number of aromatic nitrogens is 1. The van der Waals surface area contributed by atoms with E-state index in [1.54, 1.807) is 19.4 Å². The molecular formula is C26H34N2O5. The number of amides is 1. The number of unbranched alkanes of at least 4 members (excludes halogenated alkanes) is 1. The molecule has 7 heteroatoms. The number of hydrogen-bond donors (Lipinski definition) is 0. The van der Waals surface area contributed by atoms with Crippen LogP contribution < -0.4 is 4.74 Å². The first kappa shape index (κ1) is 24.6. The van der Waals surface area contributed by atoms with Crippen molar-refractivity contribution in [3.05, 3.63) is 58.9 Å². The molecule has 0 spiro atoms. The maximum atomic E-state index is 13.5. The van der Waals surface area contributed by atoms with Gasteiger partial charge in [-0.2, -0.15) is 0 Å². The van der Waals surface area contributed by atoms with Crippen molar-refractivity contribution in [2.75, 3.05) is 14.2 Å². The Morgan fingerprint density at radius 2 is 1.91 bits per heavy atom. The van der Waals surface area contributed by atoms with Gasteiger partial charge in [-0.25, -0.2) is 14.6 Å². The van der Waals surface area contributed by atoms with Crippen molar-refractivity contribution >= 4 is 12.1 Å². The first-order valence-electron chi connectivity index (χ1n) is 11.4. The summed E-state index contributed by atoms with van der Waals surface area (Å²) in [5.41, 5.74) is 2.54. The average molecular weight is 455 g/mol. The van der Waals surface area contributed by atoms with Crippen molar-refractivity contribution in [2.45, 2.75) is 71.1 Å². The molecule has 2 atom stereocenters. The van der Waals surface area contributed by atoms with Gasteiger partial charge in [0.25, 0.3) is 0 Å². The van der Waals surface area contributed by atoms with Crippen LogP contribution in [0, 0.1) is 0 Å². The number of ether oxygens (including phenoxy) is 3. The average Bonchev–Trinajstić information content (AvgIpc) is 2.79. The largest absolute Gasteiger partial charge is 0.497 e. The lowest BCUT2D eigenvalue weighted by molar-refractivity contribution is 0.00463. The zero-order valence-electron chi connectivity index (χ0n) is 20.4. The number of rotatable bonds is 6. The smallest absolute Gasteiger partial charge is 0.411 e. The molecule has 0 radical (unpaired) electrons. The molecule has 0 bridgehead atoms. The number of esters is 1. The molecular weight excluding hydrogens is 420 g/mol. The van der Waals surface area contributed by atoms with E-state index in [9.17, 15) is 9.59 Å². The van der Waals surface area contributed by atoms with Crippen LogP contribution in [0.2, 0.25) is 0 Å². The molecule has 1 aromatic heterocycles. The summed E-state index contributed by atoms with van der Waals surface area (Å²) in [7, 11) is 2.98. The predicted octanol–water partition coefficient (Wildman–Crippen LogP) is 5.32. The summed E-state index contributed by atoms with van der Waals surface area (Å²) in [5.74, 6) is 0.284. The second kappa shape index (κ2) is 10.2. The van der Waals surface area contributed by atoms with Crippen LogP contribution in [-0.2, 0) is 15.9 Å². The van der Waals surface area contributed by atoms with Gasteiger partial charge in [-0.05, 0) is 68.5 Å². The molecule has 7 nitrogen and oxygen atoms in total. The van der Waals surface area contributed by atoms with E-state index < -0.39 is 17.6 Å². The number of pyridine rings is 1. The third-order valence-electron chi connectivity index (χ3n) is 5.76. The topological polar surface area (TPSA) is 78.0 Å². The Bertz CT molecular complexity index is 981. The highest BCUT2D eigenvalue weighted by Gasteiger charge is 2.40. The molecule has 1 amide bonds. The number of methoxy groups -OCH3 is 2. The first-order chi connectivity index (χ1) is 15.7.